The number of nitrogens with zero attached hydrogens (tertiary/aromatic N) is 4. The van der Waals surface area contributed by atoms with Crippen molar-refractivity contribution in [1.29, 1.82) is 0 Å². The van der Waals surface area contributed by atoms with Crippen LogP contribution in [0.1, 0.15) is 33.1 Å². The molecule has 19 heavy (non-hydrogen) atoms. The topological polar surface area (TPSA) is 40.4 Å². The molecule has 0 aromatic rings. The number of morpholine rings is 1. The highest BCUT2D eigenvalue weighted by Gasteiger charge is 2.41. The summed E-state index contributed by atoms with van der Waals surface area (Å²) in [5.74, 6) is 2.56. The van der Waals surface area contributed by atoms with Crippen molar-refractivity contribution in [2.24, 2.45) is 10.1 Å². The Balaban J connectivity index is 2.02. The molecule has 2 atom stereocenters. The van der Waals surface area contributed by atoms with Crippen LogP contribution in [0.3, 0.4) is 0 Å². The summed E-state index contributed by atoms with van der Waals surface area (Å²) < 4.78 is 6.08. The first-order valence-corrected chi connectivity index (χ1v) is 6.75. The number of hydrogen-bond acceptors (Lipinski definition) is 5. The van der Waals surface area contributed by atoms with Gasteiger partial charge in [-0.25, -0.2) is 10.0 Å². The third-order valence-corrected chi connectivity index (χ3v) is 4.02. The molecule has 0 bridgehead atoms. The van der Waals surface area contributed by atoms with Crippen molar-refractivity contribution in [3.05, 3.63) is 23.4 Å². The Bertz CT molecular complexity index is 502. The van der Waals surface area contributed by atoms with Crippen LogP contribution < -0.4 is 0 Å². The van der Waals surface area contributed by atoms with Crippen molar-refractivity contribution in [3.63, 3.8) is 0 Å². The Kier molecular flexibility index (Phi) is 2.84. The van der Waals surface area contributed by atoms with Crippen LogP contribution in [-0.4, -0.2) is 41.7 Å². The molecule has 5 nitrogen and oxygen atoms in total. The summed E-state index contributed by atoms with van der Waals surface area (Å²) in [7, 11) is 2.11. The van der Waals surface area contributed by atoms with E-state index in [9.17, 15) is 0 Å². The summed E-state index contributed by atoms with van der Waals surface area (Å²) in [5, 5.41) is 5.69. The molecule has 1 saturated carbocycles. The third kappa shape index (κ3) is 1.84. The lowest BCUT2D eigenvalue weighted by Crippen LogP contribution is -2.50. The van der Waals surface area contributed by atoms with Gasteiger partial charge in [0.05, 0.1) is 12.2 Å². The lowest BCUT2D eigenvalue weighted by molar-refractivity contribution is 0.0538. The van der Waals surface area contributed by atoms with E-state index in [0.29, 0.717) is 6.04 Å². The van der Waals surface area contributed by atoms with Crippen LogP contribution in [0.2, 0.25) is 0 Å². The average Bonchev–Trinajstić information content (AvgIpc) is 2.85. The summed E-state index contributed by atoms with van der Waals surface area (Å²) >= 11 is 0. The molecule has 0 N–H and O–H groups in total. The lowest BCUT2D eigenvalue weighted by Gasteiger charge is -2.41. The van der Waals surface area contributed by atoms with Gasteiger partial charge in [0.2, 0.25) is 0 Å². The maximum absolute atomic E-state index is 6.08. The first kappa shape index (κ1) is 12.3. The molecule has 0 amide bonds. The summed E-state index contributed by atoms with van der Waals surface area (Å²) in [6.45, 7) is 7.65. The number of aliphatic imine (C=N–C) groups is 1. The fourth-order valence-electron chi connectivity index (χ4n) is 3.03. The van der Waals surface area contributed by atoms with E-state index in [-0.39, 0.29) is 6.10 Å². The zero-order chi connectivity index (χ0) is 13.6. The van der Waals surface area contributed by atoms with E-state index in [1.165, 1.54) is 12.8 Å². The van der Waals surface area contributed by atoms with Gasteiger partial charge in [-0.05, 0) is 38.7 Å². The summed E-state index contributed by atoms with van der Waals surface area (Å²) in [4.78, 5) is 6.98. The first-order chi connectivity index (χ1) is 9.11. The number of allylic oxidation sites excluding steroid dienone is 1. The Morgan fingerprint density at radius 2 is 2.26 bits per heavy atom. The minimum absolute atomic E-state index is 0.287. The fraction of sp³-hybridized carbons (Fsp3) is 0.571. The van der Waals surface area contributed by atoms with Crippen molar-refractivity contribution in [3.8, 4) is 0 Å². The molecule has 102 valence electrons. The lowest BCUT2D eigenvalue weighted by atomic mass is 10.1. The Labute approximate surface area is 113 Å². The maximum atomic E-state index is 6.08. The third-order valence-electron chi connectivity index (χ3n) is 4.02. The van der Waals surface area contributed by atoms with Gasteiger partial charge in [0.15, 0.2) is 17.4 Å². The number of likely N-dealkylation sites (N-methyl/N-ethyl adjacent to an activating group) is 1. The van der Waals surface area contributed by atoms with E-state index in [0.717, 1.165) is 29.4 Å². The van der Waals surface area contributed by atoms with Gasteiger partial charge >= 0.3 is 0 Å². The van der Waals surface area contributed by atoms with Crippen LogP contribution in [0.4, 0.5) is 0 Å². The normalized spacial score (nSPS) is 29.1. The molecule has 2 fully saturated rings. The van der Waals surface area contributed by atoms with Gasteiger partial charge in [0, 0.05) is 13.8 Å². The number of fused-ring (bicyclic) bond motifs is 2. The van der Waals surface area contributed by atoms with Crippen LogP contribution in [-0.2, 0) is 4.74 Å². The molecule has 2 aliphatic heterocycles. The van der Waals surface area contributed by atoms with Gasteiger partial charge in [-0.2, -0.15) is 5.10 Å². The zero-order valence-corrected chi connectivity index (χ0v) is 11.8. The van der Waals surface area contributed by atoms with Crippen molar-refractivity contribution in [1.82, 2.24) is 9.91 Å². The Morgan fingerprint density at radius 3 is 2.95 bits per heavy atom. The van der Waals surface area contributed by atoms with Gasteiger partial charge < -0.3 is 9.64 Å². The summed E-state index contributed by atoms with van der Waals surface area (Å²) in [5.41, 5.74) is 1.11. The second-order valence-electron chi connectivity index (χ2n) is 5.50. The molecule has 5 heteroatoms. The second kappa shape index (κ2) is 4.40. The van der Waals surface area contributed by atoms with E-state index in [2.05, 4.69) is 23.8 Å². The highest BCUT2D eigenvalue weighted by atomic mass is 16.5. The molecule has 2 heterocycles. The number of hydrogen-bond donors (Lipinski definition) is 0. The molecular formula is C14H20N4O. The van der Waals surface area contributed by atoms with Crippen molar-refractivity contribution >= 4 is 12.6 Å². The van der Waals surface area contributed by atoms with Crippen LogP contribution in [0, 0.1) is 0 Å². The van der Waals surface area contributed by atoms with Crippen LogP contribution in [0.5, 0.6) is 0 Å². The predicted molar refractivity (Wildman–Crippen MR) is 75.6 cm³/mol. The van der Waals surface area contributed by atoms with E-state index in [4.69, 9.17) is 9.73 Å². The standard InChI is InChI=1S/C14H20N4O/c1-9(2)13-16-14-12(8-18(13)15-3)19-11-7-5-6-10(11)17(14)4/h8,10-11H,3,5-7H2,1-2,4H3. The second-order valence-corrected chi connectivity index (χ2v) is 5.50. The minimum atomic E-state index is 0.287. The molecule has 0 spiro atoms. The number of rotatable bonds is 1. The van der Waals surface area contributed by atoms with E-state index >= 15 is 0 Å². The molecule has 1 saturated heterocycles. The Hall–Kier alpha value is -1.78. The predicted octanol–water partition coefficient (Wildman–Crippen LogP) is 2.29. The van der Waals surface area contributed by atoms with Gasteiger partial charge in [-0.3, -0.25) is 0 Å². The zero-order valence-electron chi connectivity index (χ0n) is 11.8. The number of amidine groups is 1. The SMILES string of the molecule is C=NN1C=C2OC3CCCC3N(C)C2=NC1=C(C)C. The van der Waals surface area contributed by atoms with E-state index in [1.807, 2.05) is 20.0 Å². The smallest absolute Gasteiger partial charge is 0.180 e. The van der Waals surface area contributed by atoms with Crippen molar-refractivity contribution in [2.75, 3.05) is 7.05 Å². The van der Waals surface area contributed by atoms with Gasteiger partial charge in [0.1, 0.15) is 6.10 Å². The number of ether oxygens (including phenoxy) is 1. The quantitative estimate of drug-likeness (QED) is 0.679. The fourth-order valence-corrected chi connectivity index (χ4v) is 3.03. The molecule has 2 unspecified atom stereocenters. The van der Waals surface area contributed by atoms with Gasteiger partial charge in [-0.1, -0.05) is 0 Å². The molecular weight excluding hydrogens is 240 g/mol. The average molecular weight is 260 g/mol. The van der Waals surface area contributed by atoms with E-state index < -0.39 is 0 Å². The van der Waals surface area contributed by atoms with Gasteiger partial charge in [-0.15, -0.1) is 0 Å². The molecule has 0 aromatic carbocycles. The van der Waals surface area contributed by atoms with Gasteiger partial charge in [0.25, 0.3) is 0 Å². The van der Waals surface area contributed by atoms with Crippen molar-refractivity contribution in [2.45, 2.75) is 45.3 Å². The van der Waals surface area contributed by atoms with E-state index in [1.54, 1.807) is 5.01 Å². The van der Waals surface area contributed by atoms with Crippen LogP contribution >= 0.6 is 0 Å². The summed E-state index contributed by atoms with van der Waals surface area (Å²) in [6.07, 6.45) is 5.70. The highest BCUT2D eigenvalue weighted by molar-refractivity contribution is 5.98. The van der Waals surface area contributed by atoms with Crippen molar-refractivity contribution < 1.29 is 4.74 Å². The molecule has 1 aliphatic carbocycles. The largest absolute Gasteiger partial charge is 0.483 e. The first-order valence-electron chi connectivity index (χ1n) is 6.75. The monoisotopic (exact) mass is 260 g/mol. The molecule has 0 aromatic heterocycles. The minimum Gasteiger partial charge on any atom is -0.483 e. The summed E-state index contributed by atoms with van der Waals surface area (Å²) in [6, 6.07) is 0.456. The maximum Gasteiger partial charge on any atom is 0.180 e. The van der Waals surface area contributed by atoms with Crippen LogP contribution in [0.15, 0.2) is 33.4 Å². The number of hydrazone groups is 1. The molecule has 3 rings (SSSR count). The van der Waals surface area contributed by atoms with Crippen LogP contribution in [0.25, 0.3) is 0 Å². The molecule has 3 aliphatic rings. The highest BCUT2D eigenvalue weighted by Crippen LogP contribution is 2.36. The Morgan fingerprint density at radius 1 is 1.47 bits per heavy atom. The molecule has 0 radical (unpaired) electrons.